The third kappa shape index (κ3) is 13.9. The van der Waals surface area contributed by atoms with Crippen LogP contribution < -0.4 is 24.0 Å². The van der Waals surface area contributed by atoms with Crippen molar-refractivity contribution in [3.05, 3.63) is 0 Å². The molecule has 0 bridgehead atoms. The number of quaternary nitrogens is 1. The lowest BCUT2D eigenvalue weighted by atomic mass is 10.1. The van der Waals surface area contributed by atoms with E-state index in [1.54, 1.807) is 0 Å². The van der Waals surface area contributed by atoms with Crippen molar-refractivity contribution in [2.24, 2.45) is 0 Å². The fourth-order valence-corrected chi connectivity index (χ4v) is 3.41. The third-order valence-corrected chi connectivity index (χ3v) is 4.33. The second kappa shape index (κ2) is 15.6. The minimum absolute atomic E-state index is 0. The number of halogens is 2. The Labute approximate surface area is 147 Å². The average Bonchev–Trinajstić information content (AvgIpc) is 2.34. The molecule has 1 nitrogen and oxygen atoms in total. The molecule has 0 spiro atoms. The number of rotatable bonds is 13. The third-order valence-electron chi connectivity index (χ3n) is 3.98. The first kappa shape index (κ1) is 22.5. The van der Waals surface area contributed by atoms with Crippen LogP contribution >= 0.6 is 15.9 Å². The fraction of sp³-hybridized carbons (Fsp3) is 1.00. The minimum atomic E-state index is 0. The van der Waals surface area contributed by atoms with Gasteiger partial charge in [0.05, 0.1) is 32.0 Å². The molecule has 0 aromatic carbocycles. The Balaban J connectivity index is 0. The lowest BCUT2D eigenvalue weighted by Gasteiger charge is -2.34. The monoisotopic (exact) mass is 447 g/mol. The van der Waals surface area contributed by atoms with Crippen LogP contribution in [0.25, 0.3) is 0 Å². The molecule has 0 amide bonds. The van der Waals surface area contributed by atoms with Gasteiger partial charge in [-0.3, -0.25) is 0 Å². The van der Waals surface area contributed by atoms with Crippen LogP contribution in [0.2, 0.25) is 0 Å². The standard InChI is InChI=1S/C16H35BrN.HI/c1-4-6-8-9-10-12-15-18(3,16-13-17)14-11-7-5-2;/h4-16H2,1-3H3;1H/q+1;/p-1. The summed E-state index contributed by atoms with van der Waals surface area (Å²) in [5.41, 5.74) is 0. The highest BCUT2D eigenvalue weighted by Gasteiger charge is 2.19. The van der Waals surface area contributed by atoms with Crippen LogP contribution in [-0.2, 0) is 0 Å². The molecule has 1 atom stereocenters. The predicted molar refractivity (Wildman–Crippen MR) is 87.5 cm³/mol. The maximum absolute atomic E-state index is 3.62. The van der Waals surface area contributed by atoms with E-state index in [1.807, 2.05) is 0 Å². The van der Waals surface area contributed by atoms with Gasteiger partial charge in [0.15, 0.2) is 0 Å². The summed E-state index contributed by atoms with van der Waals surface area (Å²) in [7, 11) is 2.45. The Kier molecular flexibility index (Phi) is 18.4. The maximum atomic E-state index is 3.62. The summed E-state index contributed by atoms with van der Waals surface area (Å²) in [6, 6.07) is 0. The van der Waals surface area contributed by atoms with Crippen LogP contribution in [0.5, 0.6) is 0 Å². The van der Waals surface area contributed by atoms with E-state index in [0.29, 0.717) is 0 Å². The second-order valence-corrected chi connectivity index (χ2v) is 6.75. The molecule has 0 fully saturated rings. The second-order valence-electron chi connectivity index (χ2n) is 5.95. The van der Waals surface area contributed by atoms with E-state index in [9.17, 15) is 0 Å². The average molecular weight is 448 g/mol. The molecule has 0 radical (unpaired) electrons. The molecule has 0 aromatic rings. The quantitative estimate of drug-likeness (QED) is 0.176. The van der Waals surface area contributed by atoms with Crippen LogP contribution in [0.3, 0.4) is 0 Å². The first-order chi connectivity index (χ1) is 8.68. The van der Waals surface area contributed by atoms with Gasteiger partial charge in [-0.2, -0.15) is 0 Å². The molecule has 19 heavy (non-hydrogen) atoms. The number of alkyl halides is 1. The van der Waals surface area contributed by atoms with Crippen molar-refractivity contribution in [3.8, 4) is 0 Å². The Morgan fingerprint density at radius 3 is 1.63 bits per heavy atom. The minimum Gasteiger partial charge on any atom is -1.00 e. The van der Waals surface area contributed by atoms with Gasteiger partial charge in [0, 0.05) is 0 Å². The van der Waals surface area contributed by atoms with Gasteiger partial charge in [0.25, 0.3) is 0 Å². The largest absolute Gasteiger partial charge is 1.00 e. The van der Waals surface area contributed by atoms with E-state index in [2.05, 4.69) is 36.8 Å². The zero-order valence-corrected chi connectivity index (χ0v) is 17.1. The summed E-state index contributed by atoms with van der Waals surface area (Å²) in [6.45, 7) is 8.62. The smallest absolute Gasteiger partial charge is 0.0883 e. The van der Waals surface area contributed by atoms with Crippen LogP contribution in [-0.4, -0.2) is 36.5 Å². The van der Waals surface area contributed by atoms with Crippen molar-refractivity contribution in [1.82, 2.24) is 0 Å². The summed E-state index contributed by atoms with van der Waals surface area (Å²) in [6.07, 6.45) is 12.6. The van der Waals surface area contributed by atoms with Gasteiger partial charge in [-0.05, 0) is 25.7 Å². The molecule has 0 aliphatic rings. The number of unbranched alkanes of at least 4 members (excludes halogenated alkanes) is 7. The molecule has 0 aliphatic carbocycles. The van der Waals surface area contributed by atoms with E-state index in [4.69, 9.17) is 0 Å². The van der Waals surface area contributed by atoms with E-state index in [-0.39, 0.29) is 24.0 Å². The lowest BCUT2D eigenvalue weighted by molar-refractivity contribution is -0.907. The Hall–Kier alpha value is 1.17. The van der Waals surface area contributed by atoms with Crippen molar-refractivity contribution >= 4 is 15.9 Å². The highest BCUT2D eigenvalue weighted by Crippen LogP contribution is 2.12. The van der Waals surface area contributed by atoms with Gasteiger partial charge in [0.2, 0.25) is 0 Å². The molecule has 1 unspecified atom stereocenters. The van der Waals surface area contributed by atoms with Crippen molar-refractivity contribution in [2.75, 3.05) is 32.0 Å². The lowest BCUT2D eigenvalue weighted by Crippen LogP contribution is -3.00. The predicted octanol–water partition coefficient (Wildman–Crippen LogP) is 2.38. The fourth-order valence-electron chi connectivity index (χ4n) is 2.56. The highest BCUT2D eigenvalue weighted by atomic mass is 127. The number of nitrogens with zero attached hydrogens (tertiary/aromatic N) is 1. The molecule has 0 saturated heterocycles. The maximum Gasteiger partial charge on any atom is 0.0883 e. The van der Waals surface area contributed by atoms with Gasteiger partial charge in [-0.25, -0.2) is 0 Å². The first-order valence-electron chi connectivity index (χ1n) is 8.08. The summed E-state index contributed by atoms with van der Waals surface area (Å²) in [4.78, 5) is 0. The van der Waals surface area contributed by atoms with Crippen LogP contribution in [0, 0.1) is 0 Å². The molecule has 0 heterocycles. The number of hydrogen-bond donors (Lipinski definition) is 0. The van der Waals surface area contributed by atoms with E-state index < -0.39 is 0 Å². The number of hydrogen-bond acceptors (Lipinski definition) is 0. The topological polar surface area (TPSA) is 0 Å². The van der Waals surface area contributed by atoms with Crippen LogP contribution in [0.15, 0.2) is 0 Å². The summed E-state index contributed by atoms with van der Waals surface area (Å²) in [5, 5.41) is 1.14. The molecule has 0 aromatic heterocycles. The molecule has 118 valence electrons. The Morgan fingerprint density at radius 1 is 0.684 bits per heavy atom. The van der Waals surface area contributed by atoms with Crippen molar-refractivity contribution < 1.29 is 28.5 Å². The first-order valence-corrected chi connectivity index (χ1v) is 9.20. The van der Waals surface area contributed by atoms with Crippen molar-refractivity contribution in [2.45, 2.75) is 71.6 Å². The molecule has 0 saturated carbocycles. The van der Waals surface area contributed by atoms with Crippen molar-refractivity contribution in [3.63, 3.8) is 0 Å². The van der Waals surface area contributed by atoms with Gasteiger partial charge < -0.3 is 28.5 Å². The van der Waals surface area contributed by atoms with Gasteiger partial charge in [0.1, 0.15) is 0 Å². The summed E-state index contributed by atoms with van der Waals surface area (Å²) in [5.74, 6) is 0. The summed E-state index contributed by atoms with van der Waals surface area (Å²) >= 11 is 3.62. The van der Waals surface area contributed by atoms with E-state index in [1.165, 1.54) is 81.9 Å². The molecule has 0 N–H and O–H groups in total. The molecule has 0 aliphatic heterocycles. The van der Waals surface area contributed by atoms with Crippen LogP contribution in [0.4, 0.5) is 0 Å². The van der Waals surface area contributed by atoms with Gasteiger partial charge >= 0.3 is 0 Å². The molecular weight excluding hydrogens is 413 g/mol. The SMILES string of the molecule is CCCCCCCC[N+](C)(CCBr)CCCCC.[I-]. The van der Waals surface area contributed by atoms with Gasteiger partial charge in [-0.15, -0.1) is 0 Å². The van der Waals surface area contributed by atoms with Crippen LogP contribution in [0.1, 0.15) is 71.6 Å². The molecular formula is C16H35BrIN. The zero-order chi connectivity index (χ0) is 13.7. The van der Waals surface area contributed by atoms with Crippen molar-refractivity contribution in [1.29, 1.82) is 0 Å². The molecule has 0 rings (SSSR count). The van der Waals surface area contributed by atoms with E-state index in [0.717, 1.165) is 5.33 Å². The van der Waals surface area contributed by atoms with Gasteiger partial charge in [-0.1, -0.05) is 61.9 Å². The molecule has 3 heteroatoms. The van der Waals surface area contributed by atoms with E-state index >= 15 is 0 Å². The zero-order valence-electron chi connectivity index (χ0n) is 13.4. The normalized spacial score (nSPS) is 13.9. The summed E-state index contributed by atoms with van der Waals surface area (Å²) < 4.78 is 1.28. The highest BCUT2D eigenvalue weighted by molar-refractivity contribution is 9.09. The Morgan fingerprint density at radius 2 is 1.11 bits per heavy atom. The Bertz CT molecular complexity index is 178.